The van der Waals surface area contributed by atoms with Crippen LogP contribution in [0.15, 0.2) is 12.1 Å². The van der Waals surface area contributed by atoms with Gasteiger partial charge in [0.1, 0.15) is 0 Å². The summed E-state index contributed by atoms with van der Waals surface area (Å²) in [4.78, 5) is 25.7. The molecule has 110 valence electrons. The quantitative estimate of drug-likeness (QED) is 0.841. The average molecular weight is 293 g/mol. The molecule has 2 atom stereocenters. The molecule has 0 saturated heterocycles. The molecule has 0 bridgehead atoms. The molecule has 1 aliphatic rings. The fourth-order valence-corrected chi connectivity index (χ4v) is 3.63. The van der Waals surface area contributed by atoms with Gasteiger partial charge in [0.2, 0.25) is 5.91 Å². The largest absolute Gasteiger partial charge is 0.353 e. The summed E-state index contributed by atoms with van der Waals surface area (Å²) in [6, 6.07) is 4.11. The summed E-state index contributed by atoms with van der Waals surface area (Å²) >= 11 is 1.50. The average Bonchev–Trinajstić information content (AvgIpc) is 2.83. The lowest BCUT2D eigenvalue weighted by molar-refractivity contribution is -0.122. The summed E-state index contributed by atoms with van der Waals surface area (Å²) in [6.45, 7) is 4.22. The number of carbonyl (C=O) groups is 2. The smallest absolute Gasteiger partial charge is 0.220 e. The van der Waals surface area contributed by atoms with Crippen molar-refractivity contribution in [3.8, 4) is 0 Å². The Bertz CT molecular complexity index is 481. The van der Waals surface area contributed by atoms with Crippen LogP contribution in [0.5, 0.6) is 0 Å². The standard InChI is InChI=1S/C16H23NO2S/c1-11-4-3-5-13(10-11)17-16(19)9-7-14(18)15-8-6-12(2)20-15/h6,8,11,13H,3-5,7,9-10H2,1-2H3,(H,17,19). The second-order valence-corrected chi connectivity index (χ2v) is 7.16. The van der Waals surface area contributed by atoms with E-state index in [4.69, 9.17) is 0 Å². The maximum atomic E-state index is 11.9. The van der Waals surface area contributed by atoms with Crippen LogP contribution in [0, 0.1) is 12.8 Å². The molecule has 1 heterocycles. The molecule has 3 nitrogen and oxygen atoms in total. The third-order valence-electron chi connectivity index (χ3n) is 3.90. The Morgan fingerprint density at radius 2 is 2.10 bits per heavy atom. The Morgan fingerprint density at radius 1 is 1.30 bits per heavy atom. The van der Waals surface area contributed by atoms with Crippen molar-refractivity contribution in [2.45, 2.75) is 58.4 Å². The first-order chi connectivity index (χ1) is 9.54. The van der Waals surface area contributed by atoms with E-state index in [2.05, 4.69) is 12.2 Å². The van der Waals surface area contributed by atoms with E-state index in [1.165, 1.54) is 24.2 Å². The zero-order valence-corrected chi connectivity index (χ0v) is 13.1. The lowest BCUT2D eigenvalue weighted by atomic mass is 9.87. The fourth-order valence-electron chi connectivity index (χ4n) is 2.80. The van der Waals surface area contributed by atoms with E-state index in [9.17, 15) is 9.59 Å². The van der Waals surface area contributed by atoms with E-state index >= 15 is 0 Å². The number of carbonyl (C=O) groups excluding carboxylic acids is 2. The van der Waals surface area contributed by atoms with Crippen LogP contribution in [0.25, 0.3) is 0 Å². The van der Waals surface area contributed by atoms with Crippen LogP contribution < -0.4 is 5.32 Å². The van der Waals surface area contributed by atoms with E-state index in [-0.39, 0.29) is 11.7 Å². The van der Waals surface area contributed by atoms with Crippen LogP contribution in [0.4, 0.5) is 0 Å². The molecule has 1 N–H and O–H groups in total. The molecule has 0 spiro atoms. The molecule has 0 aromatic carbocycles. The molecule has 1 aromatic heterocycles. The molecule has 2 unspecified atom stereocenters. The van der Waals surface area contributed by atoms with Gasteiger partial charge in [-0.15, -0.1) is 11.3 Å². The van der Waals surface area contributed by atoms with Gasteiger partial charge in [-0.3, -0.25) is 9.59 Å². The molecule has 0 radical (unpaired) electrons. The number of nitrogens with one attached hydrogen (secondary N) is 1. The third kappa shape index (κ3) is 4.44. The molecular weight excluding hydrogens is 270 g/mol. The first kappa shape index (κ1) is 15.2. The Morgan fingerprint density at radius 3 is 2.75 bits per heavy atom. The molecule has 2 rings (SSSR count). The van der Waals surface area contributed by atoms with Gasteiger partial charge in [0.25, 0.3) is 0 Å². The number of Topliss-reactive ketones (excluding diaryl/α,β-unsaturated/α-hetero) is 1. The third-order valence-corrected chi connectivity index (χ3v) is 4.94. The second kappa shape index (κ2) is 7.02. The lowest BCUT2D eigenvalue weighted by Gasteiger charge is -2.27. The minimum atomic E-state index is 0.0192. The minimum absolute atomic E-state index is 0.0192. The summed E-state index contributed by atoms with van der Waals surface area (Å²) in [7, 11) is 0. The first-order valence-corrected chi connectivity index (χ1v) is 8.25. The Labute approximate surface area is 124 Å². The lowest BCUT2D eigenvalue weighted by Crippen LogP contribution is -2.38. The normalized spacial score (nSPS) is 22.5. The van der Waals surface area contributed by atoms with Crippen molar-refractivity contribution in [1.82, 2.24) is 5.32 Å². The SMILES string of the molecule is Cc1ccc(C(=O)CCC(=O)NC2CCCC(C)C2)s1. The van der Waals surface area contributed by atoms with Crippen molar-refractivity contribution < 1.29 is 9.59 Å². The first-order valence-electron chi connectivity index (χ1n) is 7.43. The Balaban J connectivity index is 1.73. The molecule has 4 heteroatoms. The van der Waals surface area contributed by atoms with Gasteiger partial charge < -0.3 is 5.32 Å². The van der Waals surface area contributed by atoms with Gasteiger partial charge in [0.05, 0.1) is 4.88 Å². The highest BCUT2D eigenvalue weighted by atomic mass is 32.1. The van der Waals surface area contributed by atoms with Crippen LogP contribution in [-0.4, -0.2) is 17.7 Å². The van der Waals surface area contributed by atoms with Crippen molar-refractivity contribution in [2.75, 3.05) is 0 Å². The van der Waals surface area contributed by atoms with Gasteiger partial charge in [-0.25, -0.2) is 0 Å². The second-order valence-electron chi connectivity index (χ2n) is 5.87. The summed E-state index contributed by atoms with van der Waals surface area (Å²) in [6.07, 6.45) is 5.23. The van der Waals surface area contributed by atoms with Crippen LogP contribution in [0.2, 0.25) is 0 Å². The van der Waals surface area contributed by atoms with Crippen molar-refractivity contribution in [3.05, 3.63) is 21.9 Å². The molecule has 1 fully saturated rings. The number of hydrogen-bond acceptors (Lipinski definition) is 3. The highest BCUT2D eigenvalue weighted by Crippen LogP contribution is 2.23. The van der Waals surface area contributed by atoms with Crippen LogP contribution in [-0.2, 0) is 4.79 Å². The number of hydrogen-bond donors (Lipinski definition) is 1. The number of thiophene rings is 1. The van der Waals surface area contributed by atoms with Gasteiger partial charge >= 0.3 is 0 Å². The van der Waals surface area contributed by atoms with Gasteiger partial charge in [-0.05, 0) is 37.8 Å². The van der Waals surface area contributed by atoms with Crippen LogP contribution >= 0.6 is 11.3 Å². The minimum Gasteiger partial charge on any atom is -0.353 e. The number of rotatable bonds is 5. The van der Waals surface area contributed by atoms with E-state index in [1.54, 1.807) is 0 Å². The molecule has 1 aromatic rings. The van der Waals surface area contributed by atoms with Crippen molar-refractivity contribution >= 4 is 23.0 Å². The zero-order valence-electron chi connectivity index (χ0n) is 12.3. The molecule has 1 aliphatic carbocycles. The van der Waals surface area contributed by atoms with Gasteiger partial charge in [-0.2, -0.15) is 0 Å². The predicted molar refractivity (Wildman–Crippen MR) is 82.2 cm³/mol. The topological polar surface area (TPSA) is 46.2 Å². The number of amides is 1. The van der Waals surface area contributed by atoms with Gasteiger partial charge in [0, 0.05) is 23.8 Å². The van der Waals surface area contributed by atoms with E-state index in [1.807, 2.05) is 19.1 Å². The van der Waals surface area contributed by atoms with Crippen LogP contribution in [0.3, 0.4) is 0 Å². The highest BCUT2D eigenvalue weighted by molar-refractivity contribution is 7.14. The molecule has 20 heavy (non-hydrogen) atoms. The number of aryl methyl sites for hydroxylation is 1. The van der Waals surface area contributed by atoms with Crippen LogP contribution in [0.1, 0.15) is 60.0 Å². The summed E-state index contributed by atoms with van der Waals surface area (Å²) < 4.78 is 0. The molecule has 1 amide bonds. The zero-order chi connectivity index (χ0) is 14.5. The maximum Gasteiger partial charge on any atom is 0.220 e. The maximum absolute atomic E-state index is 11.9. The Hall–Kier alpha value is -1.16. The van der Waals surface area contributed by atoms with E-state index in [0.29, 0.717) is 24.8 Å². The van der Waals surface area contributed by atoms with Crippen molar-refractivity contribution in [2.24, 2.45) is 5.92 Å². The summed E-state index contributed by atoms with van der Waals surface area (Å²) in [5.41, 5.74) is 0. The molecule has 1 saturated carbocycles. The summed E-state index contributed by atoms with van der Waals surface area (Å²) in [5.74, 6) is 0.797. The predicted octanol–water partition coefficient (Wildman–Crippen LogP) is 3.71. The van der Waals surface area contributed by atoms with E-state index < -0.39 is 0 Å². The van der Waals surface area contributed by atoms with Crippen molar-refractivity contribution in [1.29, 1.82) is 0 Å². The monoisotopic (exact) mass is 293 g/mol. The molecular formula is C16H23NO2S. The van der Waals surface area contributed by atoms with Gasteiger partial charge in [-0.1, -0.05) is 19.8 Å². The summed E-state index contributed by atoms with van der Waals surface area (Å²) in [5, 5.41) is 3.07. The Kier molecular flexibility index (Phi) is 5.35. The highest BCUT2D eigenvalue weighted by Gasteiger charge is 2.20. The molecule has 0 aliphatic heterocycles. The fraction of sp³-hybridized carbons (Fsp3) is 0.625. The van der Waals surface area contributed by atoms with Crippen molar-refractivity contribution in [3.63, 3.8) is 0 Å². The van der Waals surface area contributed by atoms with Gasteiger partial charge in [0.15, 0.2) is 5.78 Å². The number of ketones is 1. The van der Waals surface area contributed by atoms with E-state index in [0.717, 1.165) is 22.6 Å².